The Kier molecular flexibility index (Phi) is 3.30. The molecule has 0 spiro atoms. The molecule has 0 aromatic rings. The SMILES string of the molecule is O=C([O-])NC1(C(=O)NCCC(F)(F)F)CC1. The fraction of sp³-hybridized carbons (Fsp3) is 0.750. The normalized spacial score (nSPS) is 17.7. The van der Waals surface area contributed by atoms with Crippen molar-refractivity contribution in [3.05, 3.63) is 0 Å². The summed E-state index contributed by atoms with van der Waals surface area (Å²) in [5.41, 5.74) is -1.27. The van der Waals surface area contributed by atoms with Gasteiger partial charge in [-0.3, -0.25) is 4.79 Å². The van der Waals surface area contributed by atoms with Crippen molar-refractivity contribution < 1.29 is 27.9 Å². The predicted molar refractivity (Wildman–Crippen MR) is 44.2 cm³/mol. The minimum absolute atomic E-state index is 0.277. The van der Waals surface area contributed by atoms with Crippen molar-refractivity contribution in [3.63, 3.8) is 0 Å². The molecule has 5 nitrogen and oxygen atoms in total. The summed E-state index contributed by atoms with van der Waals surface area (Å²) in [5, 5.41) is 14.1. The van der Waals surface area contributed by atoms with Crippen LogP contribution in [0.4, 0.5) is 18.0 Å². The van der Waals surface area contributed by atoms with Crippen LogP contribution in [0.2, 0.25) is 0 Å². The number of rotatable bonds is 4. The predicted octanol–water partition coefficient (Wildman–Crippen LogP) is -0.480. The summed E-state index contributed by atoms with van der Waals surface area (Å²) in [6, 6.07) is 0. The molecule has 8 heteroatoms. The molecule has 0 saturated heterocycles. The van der Waals surface area contributed by atoms with Crippen molar-refractivity contribution in [3.8, 4) is 0 Å². The molecule has 1 fully saturated rings. The zero-order valence-corrected chi connectivity index (χ0v) is 8.19. The first kappa shape index (κ1) is 12.6. The van der Waals surface area contributed by atoms with Crippen molar-refractivity contribution in [1.29, 1.82) is 0 Å². The third kappa shape index (κ3) is 3.59. The van der Waals surface area contributed by atoms with Crippen molar-refractivity contribution >= 4 is 12.0 Å². The number of halogens is 3. The van der Waals surface area contributed by atoms with Crippen LogP contribution in [0.15, 0.2) is 0 Å². The third-order valence-electron chi connectivity index (χ3n) is 2.22. The molecule has 1 aliphatic rings. The maximum Gasteiger partial charge on any atom is 0.390 e. The molecule has 1 saturated carbocycles. The van der Waals surface area contributed by atoms with E-state index < -0.39 is 36.7 Å². The standard InChI is InChI=1S/C8H11F3N2O3/c9-8(10,11)3-4-12-5(14)7(1-2-7)13-6(15)16/h13H,1-4H2,(H,12,14)(H,15,16)/p-1. The lowest BCUT2D eigenvalue weighted by Gasteiger charge is -2.18. The Bertz CT molecular complexity index is 299. The summed E-state index contributed by atoms with van der Waals surface area (Å²) in [7, 11) is 0. The van der Waals surface area contributed by atoms with E-state index in [4.69, 9.17) is 0 Å². The number of hydrogen-bond donors (Lipinski definition) is 2. The van der Waals surface area contributed by atoms with Crippen LogP contribution in [0.25, 0.3) is 0 Å². The zero-order chi connectivity index (χ0) is 12.4. The van der Waals surface area contributed by atoms with Crippen molar-refractivity contribution in [2.24, 2.45) is 0 Å². The summed E-state index contributed by atoms with van der Waals surface area (Å²) in [6.07, 6.45) is -6.53. The van der Waals surface area contributed by atoms with E-state index in [-0.39, 0.29) is 12.8 Å². The second-order valence-electron chi connectivity index (χ2n) is 3.62. The molecule has 1 rings (SSSR count). The van der Waals surface area contributed by atoms with Crippen molar-refractivity contribution in [1.82, 2.24) is 10.6 Å². The number of hydrogen-bond acceptors (Lipinski definition) is 3. The van der Waals surface area contributed by atoms with Crippen LogP contribution in [0.5, 0.6) is 0 Å². The van der Waals surface area contributed by atoms with Gasteiger partial charge in [0.25, 0.3) is 0 Å². The molecule has 2 N–H and O–H groups in total. The molecule has 0 aromatic carbocycles. The maximum absolute atomic E-state index is 11.8. The first-order valence-electron chi connectivity index (χ1n) is 4.59. The lowest BCUT2D eigenvalue weighted by molar-refractivity contribution is -0.252. The van der Waals surface area contributed by atoms with Gasteiger partial charge < -0.3 is 20.5 Å². The van der Waals surface area contributed by atoms with Crippen LogP contribution in [0.1, 0.15) is 19.3 Å². The van der Waals surface area contributed by atoms with Crippen molar-refractivity contribution in [2.75, 3.05) is 6.54 Å². The molecule has 0 heterocycles. The van der Waals surface area contributed by atoms with Gasteiger partial charge in [0.1, 0.15) is 11.6 Å². The number of nitrogens with one attached hydrogen (secondary N) is 2. The van der Waals surface area contributed by atoms with Gasteiger partial charge in [0.05, 0.1) is 6.42 Å². The van der Waals surface area contributed by atoms with Gasteiger partial charge in [-0.2, -0.15) is 13.2 Å². The van der Waals surface area contributed by atoms with Crippen LogP contribution in [-0.2, 0) is 4.79 Å². The fourth-order valence-electron chi connectivity index (χ4n) is 1.22. The van der Waals surface area contributed by atoms with Gasteiger partial charge in [-0.05, 0) is 12.8 Å². The average Bonchev–Trinajstić information content (AvgIpc) is 2.82. The lowest BCUT2D eigenvalue weighted by atomic mass is 10.2. The Morgan fingerprint density at radius 1 is 1.31 bits per heavy atom. The minimum atomic E-state index is -4.34. The Morgan fingerprint density at radius 3 is 2.25 bits per heavy atom. The highest BCUT2D eigenvalue weighted by molar-refractivity contribution is 5.92. The fourth-order valence-corrected chi connectivity index (χ4v) is 1.22. The van der Waals surface area contributed by atoms with E-state index in [1.165, 1.54) is 0 Å². The van der Waals surface area contributed by atoms with Gasteiger partial charge in [-0.1, -0.05) is 0 Å². The highest BCUT2D eigenvalue weighted by Gasteiger charge is 2.50. The van der Waals surface area contributed by atoms with Gasteiger partial charge in [0.15, 0.2) is 0 Å². The molecule has 1 aliphatic carbocycles. The van der Waals surface area contributed by atoms with E-state index >= 15 is 0 Å². The van der Waals surface area contributed by atoms with E-state index in [2.05, 4.69) is 0 Å². The van der Waals surface area contributed by atoms with Crippen LogP contribution in [0, 0.1) is 0 Å². The molecule has 0 aliphatic heterocycles. The number of alkyl halides is 3. The third-order valence-corrected chi connectivity index (χ3v) is 2.22. The Morgan fingerprint density at radius 2 is 1.88 bits per heavy atom. The summed E-state index contributed by atoms with van der Waals surface area (Å²) < 4.78 is 35.3. The number of amides is 2. The second-order valence-corrected chi connectivity index (χ2v) is 3.62. The highest BCUT2D eigenvalue weighted by Crippen LogP contribution is 2.35. The molecule has 0 radical (unpaired) electrons. The smallest absolute Gasteiger partial charge is 0.390 e. The van der Waals surface area contributed by atoms with Gasteiger partial charge in [0, 0.05) is 6.54 Å². The van der Waals surface area contributed by atoms with Crippen LogP contribution in [-0.4, -0.2) is 30.3 Å². The van der Waals surface area contributed by atoms with Crippen LogP contribution < -0.4 is 15.7 Å². The van der Waals surface area contributed by atoms with E-state index in [1.807, 2.05) is 10.6 Å². The quantitative estimate of drug-likeness (QED) is 0.695. The second kappa shape index (κ2) is 4.18. The van der Waals surface area contributed by atoms with Crippen molar-refractivity contribution in [2.45, 2.75) is 31.0 Å². The molecular weight excluding hydrogens is 229 g/mol. The monoisotopic (exact) mass is 239 g/mol. The Hall–Kier alpha value is -1.47. The molecule has 16 heavy (non-hydrogen) atoms. The number of carboxylic acid groups (broad SMARTS) is 1. The lowest BCUT2D eigenvalue weighted by Crippen LogP contribution is -2.53. The van der Waals surface area contributed by atoms with Crippen LogP contribution >= 0.6 is 0 Å². The zero-order valence-electron chi connectivity index (χ0n) is 8.19. The highest BCUT2D eigenvalue weighted by atomic mass is 19.4. The van der Waals surface area contributed by atoms with E-state index in [9.17, 15) is 27.9 Å². The average molecular weight is 239 g/mol. The summed E-state index contributed by atoms with van der Waals surface area (Å²) in [5.74, 6) is -0.735. The van der Waals surface area contributed by atoms with Crippen LogP contribution in [0.3, 0.4) is 0 Å². The summed E-state index contributed by atoms with van der Waals surface area (Å²) in [6.45, 7) is -0.557. The van der Waals surface area contributed by atoms with Gasteiger partial charge in [-0.15, -0.1) is 0 Å². The Labute approximate surface area is 89.0 Å². The molecule has 0 atom stereocenters. The molecule has 0 aromatic heterocycles. The molecule has 0 bridgehead atoms. The van der Waals surface area contributed by atoms with Gasteiger partial charge >= 0.3 is 6.18 Å². The Balaban J connectivity index is 2.33. The molecule has 0 unspecified atom stereocenters. The molecule has 92 valence electrons. The number of carbonyl (C=O) groups excluding carboxylic acids is 2. The number of carbonyl (C=O) groups is 2. The topological polar surface area (TPSA) is 81.3 Å². The summed E-state index contributed by atoms with van der Waals surface area (Å²) >= 11 is 0. The van der Waals surface area contributed by atoms with Gasteiger partial charge in [0.2, 0.25) is 5.91 Å². The molecular formula is C8H10F3N2O3-. The minimum Gasteiger partial charge on any atom is -0.530 e. The largest absolute Gasteiger partial charge is 0.530 e. The summed E-state index contributed by atoms with van der Waals surface area (Å²) in [4.78, 5) is 21.5. The van der Waals surface area contributed by atoms with E-state index in [1.54, 1.807) is 0 Å². The molecule has 2 amide bonds. The van der Waals surface area contributed by atoms with E-state index in [0.717, 1.165) is 0 Å². The van der Waals surface area contributed by atoms with E-state index in [0.29, 0.717) is 0 Å². The maximum atomic E-state index is 11.8. The first-order valence-corrected chi connectivity index (χ1v) is 4.59. The first-order chi connectivity index (χ1) is 7.25. The van der Waals surface area contributed by atoms with Gasteiger partial charge in [-0.25, -0.2) is 0 Å².